The summed E-state index contributed by atoms with van der Waals surface area (Å²) in [7, 11) is 0. The zero-order chi connectivity index (χ0) is 16.7. The van der Waals surface area contributed by atoms with Gasteiger partial charge in [-0.05, 0) is 37.1 Å². The molecule has 4 rings (SSSR count). The molecule has 1 N–H and O–H groups in total. The first kappa shape index (κ1) is 15.3. The number of fused-ring (bicyclic) bond motifs is 4. The van der Waals surface area contributed by atoms with Crippen LogP contribution >= 0.6 is 11.6 Å². The van der Waals surface area contributed by atoms with E-state index in [-0.39, 0.29) is 12.1 Å². The van der Waals surface area contributed by atoms with Crippen molar-refractivity contribution in [1.29, 1.82) is 0 Å². The highest BCUT2D eigenvalue weighted by atomic mass is 35.5. The van der Waals surface area contributed by atoms with Gasteiger partial charge in [0.25, 0.3) is 0 Å². The number of benzene rings is 2. The fourth-order valence-corrected chi connectivity index (χ4v) is 3.79. The van der Waals surface area contributed by atoms with Gasteiger partial charge in [-0.3, -0.25) is 4.90 Å². The molecule has 0 radical (unpaired) electrons. The van der Waals surface area contributed by atoms with Crippen LogP contribution in [0.1, 0.15) is 30.5 Å². The quantitative estimate of drug-likeness (QED) is 0.910. The number of hydrogen-bond donors (Lipinski definition) is 1. The molecule has 0 saturated carbocycles. The lowest BCUT2D eigenvalue weighted by Crippen LogP contribution is -2.65. The number of carbonyl (C=O) groups is 1. The highest BCUT2D eigenvalue weighted by molar-refractivity contribution is 6.30. The van der Waals surface area contributed by atoms with Gasteiger partial charge in [0.05, 0.1) is 6.04 Å². The van der Waals surface area contributed by atoms with E-state index in [4.69, 9.17) is 16.3 Å². The van der Waals surface area contributed by atoms with E-state index in [0.717, 1.165) is 17.7 Å². The van der Waals surface area contributed by atoms with Crippen molar-refractivity contribution >= 4 is 17.6 Å². The number of nitrogens with one attached hydrogen (secondary N) is 1. The van der Waals surface area contributed by atoms with E-state index < -0.39 is 5.72 Å². The molecule has 0 aromatic heterocycles. The topological polar surface area (TPSA) is 41.6 Å². The molecule has 1 saturated heterocycles. The molecule has 2 amide bonds. The highest BCUT2D eigenvalue weighted by Gasteiger charge is 2.48. The molecule has 1 fully saturated rings. The minimum atomic E-state index is -0.636. The number of carbonyl (C=O) groups excluding carboxylic acids is 1. The molecule has 2 aliphatic heterocycles. The highest BCUT2D eigenvalue weighted by Crippen LogP contribution is 2.44. The average Bonchev–Trinajstić information content (AvgIpc) is 2.56. The van der Waals surface area contributed by atoms with Crippen molar-refractivity contribution < 1.29 is 9.53 Å². The molecule has 5 heteroatoms. The standard InChI is InChI=1S/C19H19ClN2O2/c1-19-12-16(15-11-14(20)7-8-17(15)24-19)21-18(23)22(19)10-9-13-5-3-2-4-6-13/h2-8,11,16H,9-10,12H2,1H3,(H,21,23)/t16-,19+/m0/s1. The van der Waals surface area contributed by atoms with E-state index in [9.17, 15) is 4.79 Å². The summed E-state index contributed by atoms with van der Waals surface area (Å²) >= 11 is 6.09. The Balaban J connectivity index is 1.59. The zero-order valence-electron chi connectivity index (χ0n) is 13.5. The van der Waals surface area contributed by atoms with Crippen molar-refractivity contribution in [1.82, 2.24) is 10.2 Å². The fourth-order valence-electron chi connectivity index (χ4n) is 3.61. The van der Waals surface area contributed by atoms with Gasteiger partial charge in [-0.1, -0.05) is 41.9 Å². The van der Waals surface area contributed by atoms with Gasteiger partial charge in [-0.2, -0.15) is 0 Å². The van der Waals surface area contributed by atoms with Gasteiger partial charge >= 0.3 is 6.03 Å². The van der Waals surface area contributed by atoms with Crippen molar-refractivity contribution in [2.24, 2.45) is 0 Å². The lowest BCUT2D eigenvalue weighted by molar-refractivity contribution is -0.0832. The monoisotopic (exact) mass is 342 g/mol. The first-order valence-corrected chi connectivity index (χ1v) is 8.53. The predicted molar refractivity (Wildman–Crippen MR) is 93.2 cm³/mol. The molecule has 2 aliphatic rings. The lowest BCUT2D eigenvalue weighted by Gasteiger charge is -2.50. The summed E-state index contributed by atoms with van der Waals surface area (Å²) in [5.41, 5.74) is 1.53. The molecule has 2 aromatic rings. The van der Waals surface area contributed by atoms with E-state index in [1.165, 1.54) is 5.56 Å². The van der Waals surface area contributed by atoms with E-state index in [0.29, 0.717) is 18.0 Å². The molecule has 124 valence electrons. The van der Waals surface area contributed by atoms with Gasteiger partial charge in [0.2, 0.25) is 0 Å². The Hall–Kier alpha value is -2.20. The van der Waals surface area contributed by atoms with Gasteiger partial charge in [0, 0.05) is 23.6 Å². The Morgan fingerprint density at radius 3 is 2.88 bits per heavy atom. The predicted octanol–water partition coefficient (Wildman–Crippen LogP) is 4.15. The van der Waals surface area contributed by atoms with Crippen LogP contribution in [0.15, 0.2) is 48.5 Å². The summed E-state index contributed by atoms with van der Waals surface area (Å²) in [5, 5.41) is 3.75. The van der Waals surface area contributed by atoms with Crippen molar-refractivity contribution in [2.75, 3.05) is 6.54 Å². The summed E-state index contributed by atoms with van der Waals surface area (Å²) in [5.74, 6) is 0.794. The van der Waals surface area contributed by atoms with E-state index in [1.54, 1.807) is 4.90 Å². The second-order valence-corrected chi connectivity index (χ2v) is 6.99. The smallest absolute Gasteiger partial charge is 0.320 e. The van der Waals surface area contributed by atoms with Gasteiger partial charge < -0.3 is 10.1 Å². The second kappa shape index (κ2) is 5.71. The van der Waals surface area contributed by atoms with Crippen LogP contribution in [0.4, 0.5) is 4.79 Å². The van der Waals surface area contributed by atoms with Gasteiger partial charge in [-0.15, -0.1) is 0 Å². The maximum atomic E-state index is 12.6. The summed E-state index contributed by atoms with van der Waals surface area (Å²) in [6.07, 6.45) is 1.51. The molecular weight excluding hydrogens is 324 g/mol. The molecule has 24 heavy (non-hydrogen) atoms. The molecule has 2 atom stereocenters. The summed E-state index contributed by atoms with van der Waals surface area (Å²) in [6, 6.07) is 15.6. The van der Waals surface area contributed by atoms with Crippen LogP contribution in [-0.2, 0) is 6.42 Å². The summed E-state index contributed by atoms with van der Waals surface area (Å²) in [6.45, 7) is 2.60. The number of rotatable bonds is 3. The van der Waals surface area contributed by atoms with Crippen LogP contribution in [0.2, 0.25) is 5.02 Å². The van der Waals surface area contributed by atoms with Crippen molar-refractivity contribution in [3.63, 3.8) is 0 Å². The van der Waals surface area contributed by atoms with Crippen molar-refractivity contribution in [3.05, 3.63) is 64.7 Å². The Kier molecular flexibility index (Phi) is 3.65. The average molecular weight is 343 g/mol. The normalized spacial score (nSPS) is 24.8. The van der Waals surface area contributed by atoms with Crippen LogP contribution in [0.25, 0.3) is 0 Å². The van der Waals surface area contributed by atoms with Crippen LogP contribution in [0, 0.1) is 0 Å². The van der Waals surface area contributed by atoms with Crippen molar-refractivity contribution in [3.8, 4) is 5.75 Å². The molecule has 2 bridgehead atoms. The number of amides is 2. The Morgan fingerprint density at radius 2 is 2.08 bits per heavy atom. The third kappa shape index (κ3) is 2.61. The first-order chi connectivity index (χ1) is 11.5. The third-order valence-electron chi connectivity index (χ3n) is 4.84. The Bertz CT molecular complexity index is 780. The van der Waals surface area contributed by atoms with Gasteiger partial charge in [-0.25, -0.2) is 4.79 Å². The van der Waals surface area contributed by atoms with Gasteiger partial charge in [0.15, 0.2) is 5.72 Å². The van der Waals surface area contributed by atoms with E-state index in [2.05, 4.69) is 17.4 Å². The molecule has 2 aromatic carbocycles. The maximum Gasteiger partial charge on any atom is 0.320 e. The van der Waals surface area contributed by atoms with Crippen LogP contribution in [0.3, 0.4) is 0 Å². The largest absolute Gasteiger partial charge is 0.468 e. The van der Waals surface area contributed by atoms with Crippen LogP contribution in [0.5, 0.6) is 5.75 Å². The number of hydrogen-bond acceptors (Lipinski definition) is 2. The SMILES string of the molecule is C[C@@]12C[C@H](NC(=O)N1CCc1ccccc1)c1cc(Cl)ccc1O2. The fraction of sp³-hybridized carbons (Fsp3) is 0.316. The molecule has 2 heterocycles. The number of urea groups is 1. The molecule has 4 nitrogen and oxygen atoms in total. The molecule has 0 aliphatic carbocycles. The number of halogens is 1. The van der Waals surface area contributed by atoms with Crippen molar-refractivity contribution in [2.45, 2.75) is 31.5 Å². The molecule has 0 spiro atoms. The Labute approximate surface area is 146 Å². The molecular formula is C19H19ClN2O2. The minimum Gasteiger partial charge on any atom is -0.468 e. The number of nitrogens with zero attached hydrogens (tertiary/aromatic N) is 1. The van der Waals surface area contributed by atoms with Crippen LogP contribution in [-0.4, -0.2) is 23.2 Å². The lowest BCUT2D eigenvalue weighted by atomic mass is 9.90. The second-order valence-electron chi connectivity index (χ2n) is 6.55. The summed E-state index contributed by atoms with van der Waals surface area (Å²) in [4.78, 5) is 14.4. The minimum absolute atomic E-state index is 0.0575. The Morgan fingerprint density at radius 1 is 1.29 bits per heavy atom. The van der Waals surface area contributed by atoms with Crippen LogP contribution < -0.4 is 10.1 Å². The first-order valence-electron chi connectivity index (χ1n) is 8.16. The number of ether oxygens (including phenoxy) is 1. The zero-order valence-corrected chi connectivity index (χ0v) is 14.2. The maximum absolute atomic E-state index is 12.6. The van der Waals surface area contributed by atoms with E-state index >= 15 is 0 Å². The summed E-state index contributed by atoms with van der Waals surface area (Å²) < 4.78 is 6.22. The molecule has 0 unspecified atom stereocenters. The van der Waals surface area contributed by atoms with Gasteiger partial charge in [0.1, 0.15) is 5.75 Å². The third-order valence-corrected chi connectivity index (χ3v) is 5.08. The van der Waals surface area contributed by atoms with E-state index in [1.807, 2.05) is 43.3 Å².